The summed E-state index contributed by atoms with van der Waals surface area (Å²) in [6, 6.07) is 2.76. The Morgan fingerprint density at radius 1 is 1.37 bits per heavy atom. The fourth-order valence-corrected chi connectivity index (χ4v) is 1.36. The maximum Gasteiger partial charge on any atom is 0.406 e. The van der Waals surface area contributed by atoms with Gasteiger partial charge in [-0.05, 0) is 19.1 Å². The van der Waals surface area contributed by atoms with Crippen LogP contribution in [0, 0.1) is 6.92 Å². The number of nitrogens with zero attached hydrogens (tertiary/aromatic N) is 2. The van der Waals surface area contributed by atoms with E-state index in [9.17, 15) is 22.8 Å². The molecule has 1 aromatic heterocycles. The summed E-state index contributed by atoms with van der Waals surface area (Å²) in [6.07, 6.45) is -3.55. The molecule has 0 saturated heterocycles. The number of alkyl halides is 3. The van der Waals surface area contributed by atoms with Crippen molar-refractivity contribution in [2.24, 2.45) is 0 Å². The molecule has 0 spiro atoms. The number of halogens is 3. The number of amides is 1. The summed E-state index contributed by atoms with van der Waals surface area (Å²) in [5, 5.41) is 8.54. The van der Waals surface area contributed by atoms with Gasteiger partial charge in [-0.25, -0.2) is 0 Å². The smallest absolute Gasteiger partial charge is 0.406 e. The molecule has 0 aromatic carbocycles. The van der Waals surface area contributed by atoms with Crippen molar-refractivity contribution < 1.29 is 27.9 Å². The molecule has 0 atom stereocenters. The zero-order valence-electron chi connectivity index (χ0n) is 9.94. The minimum Gasteiger partial charge on any atom is -0.480 e. The fourth-order valence-electron chi connectivity index (χ4n) is 1.36. The molecule has 1 aromatic rings. The summed E-state index contributed by atoms with van der Waals surface area (Å²) in [5.74, 6) is -2.54. The SMILES string of the molecule is Cc1ccc(C(=O)N(CC(=O)O)CC(F)(F)F)cn1. The zero-order valence-corrected chi connectivity index (χ0v) is 9.94. The van der Waals surface area contributed by atoms with E-state index in [1.54, 1.807) is 6.92 Å². The molecular formula is C11H11F3N2O3. The monoisotopic (exact) mass is 276 g/mol. The fraction of sp³-hybridized carbons (Fsp3) is 0.364. The van der Waals surface area contributed by atoms with Gasteiger partial charge in [0.15, 0.2) is 0 Å². The third-order valence-electron chi connectivity index (χ3n) is 2.14. The second kappa shape index (κ2) is 5.68. The molecule has 104 valence electrons. The van der Waals surface area contributed by atoms with Crippen LogP contribution in [-0.2, 0) is 4.79 Å². The van der Waals surface area contributed by atoms with E-state index in [4.69, 9.17) is 5.11 Å². The zero-order chi connectivity index (χ0) is 14.6. The minimum absolute atomic E-state index is 0.0869. The molecular weight excluding hydrogens is 265 g/mol. The number of carbonyl (C=O) groups is 2. The van der Waals surface area contributed by atoms with E-state index < -0.39 is 31.1 Å². The lowest BCUT2D eigenvalue weighted by atomic mass is 10.2. The number of aryl methyl sites for hydroxylation is 1. The lowest BCUT2D eigenvalue weighted by Crippen LogP contribution is -2.42. The van der Waals surface area contributed by atoms with Crippen molar-refractivity contribution in [3.05, 3.63) is 29.6 Å². The van der Waals surface area contributed by atoms with Crippen molar-refractivity contribution in [2.75, 3.05) is 13.1 Å². The number of carbonyl (C=O) groups excluding carboxylic acids is 1. The van der Waals surface area contributed by atoms with Gasteiger partial charge in [0.25, 0.3) is 5.91 Å². The Labute approximate surface area is 106 Å². The summed E-state index contributed by atoms with van der Waals surface area (Å²) < 4.78 is 36.9. The molecule has 0 aliphatic carbocycles. The van der Waals surface area contributed by atoms with E-state index in [2.05, 4.69) is 4.98 Å². The summed E-state index contributed by atoms with van der Waals surface area (Å²) in [7, 11) is 0. The predicted octanol–water partition coefficient (Wildman–Crippen LogP) is 1.48. The maximum absolute atomic E-state index is 12.3. The van der Waals surface area contributed by atoms with Gasteiger partial charge >= 0.3 is 12.1 Å². The molecule has 1 heterocycles. The molecule has 0 unspecified atom stereocenters. The van der Waals surface area contributed by atoms with Crippen molar-refractivity contribution in [1.82, 2.24) is 9.88 Å². The first-order chi connectivity index (χ1) is 8.69. The molecule has 0 aliphatic heterocycles. The van der Waals surface area contributed by atoms with Gasteiger partial charge in [0.05, 0.1) is 5.56 Å². The molecule has 0 radical (unpaired) electrons. The molecule has 19 heavy (non-hydrogen) atoms. The standard InChI is InChI=1S/C11H11F3N2O3/c1-7-2-3-8(4-15-7)10(19)16(5-9(17)18)6-11(12,13)14/h2-4H,5-6H2,1H3,(H,17,18). The van der Waals surface area contributed by atoms with Crippen LogP contribution in [0.3, 0.4) is 0 Å². The number of aliphatic carboxylic acids is 1. The van der Waals surface area contributed by atoms with Crippen molar-refractivity contribution in [1.29, 1.82) is 0 Å². The van der Waals surface area contributed by atoms with Gasteiger partial charge in [-0.3, -0.25) is 14.6 Å². The second-order valence-corrected chi connectivity index (χ2v) is 3.86. The average molecular weight is 276 g/mol. The lowest BCUT2D eigenvalue weighted by Gasteiger charge is -2.22. The van der Waals surface area contributed by atoms with Crippen LogP contribution in [0.1, 0.15) is 16.1 Å². The van der Waals surface area contributed by atoms with Crippen LogP contribution in [0.25, 0.3) is 0 Å². The summed E-state index contributed by atoms with van der Waals surface area (Å²) in [5.41, 5.74) is 0.508. The average Bonchev–Trinajstić information content (AvgIpc) is 2.25. The number of aromatic nitrogens is 1. The Morgan fingerprint density at radius 3 is 2.42 bits per heavy atom. The molecule has 0 saturated carbocycles. The highest BCUT2D eigenvalue weighted by atomic mass is 19.4. The molecule has 0 bridgehead atoms. The predicted molar refractivity (Wildman–Crippen MR) is 58.6 cm³/mol. The van der Waals surface area contributed by atoms with E-state index in [-0.39, 0.29) is 10.5 Å². The van der Waals surface area contributed by atoms with Crippen molar-refractivity contribution in [3.8, 4) is 0 Å². The maximum atomic E-state index is 12.3. The molecule has 8 heteroatoms. The topological polar surface area (TPSA) is 70.5 Å². The van der Waals surface area contributed by atoms with Crippen molar-refractivity contribution in [3.63, 3.8) is 0 Å². The Bertz CT molecular complexity index is 471. The second-order valence-electron chi connectivity index (χ2n) is 3.86. The molecule has 1 amide bonds. The molecule has 0 fully saturated rings. The summed E-state index contributed by atoms with van der Waals surface area (Å²) in [4.78, 5) is 26.3. The van der Waals surface area contributed by atoms with Gasteiger partial charge in [0, 0.05) is 11.9 Å². The highest BCUT2D eigenvalue weighted by molar-refractivity contribution is 5.95. The number of rotatable bonds is 4. The van der Waals surface area contributed by atoms with Gasteiger partial charge in [-0.2, -0.15) is 13.2 Å². The molecule has 1 N–H and O–H groups in total. The number of pyridine rings is 1. The third-order valence-corrected chi connectivity index (χ3v) is 2.14. The number of hydrogen-bond donors (Lipinski definition) is 1. The van der Waals surface area contributed by atoms with E-state index >= 15 is 0 Å². The quantitative estimate of drug-likeness (QED) is 0.904. The van der Waals surface area contributed by atoms with Crippen molar-refractivity contribution in [2.45, 2.75) is 13.1 Å². The van der Waals surface area contributed by atoms with Gasteiger partial charge in [-0.1, -0.05) is 0 Å². The third kappa shape index (κ3) is 4.94. The van der Waals surface area contributed by atoms with Crippen LogP contribution < -0.4 is 0 Å². The first-order valence-corrected chi connectivity index (χ1v) is 5.19. The number of carboxylic acids is 1. The van der Waals surface area contributed by atoms with Crippen LogP contribution in [0.2, 0.25) is 0 Å². The lowest BCUT2D eigenvalue weighted by molar-refractivity contribution is -0.149. The van der Waals surface area contributed by atoms with Crippen LogP contribution in [0.5, 0.6) is 0 Å². The van der Waals surface area contributed by atoms with Gasteiger partial charge in [0.2, 0.25) is 0 Å². The van der Waals surface area contributed by atoms with Gasteiger partial charge in [-0.15, -0.1) is 0 Å². The van der Waals surface area contributed by atoms with E-state index in [0.717, 1.165) is 6.20 Å². The van der Waals surface area contributed by atoms with E-state index in [1.165, 1.54) is 12.1 Å². The van der Waals surface area contributed by atoms with Crippen molar-refractivity contribution >= 4 is 11.9 Å². The summed E-state index contributed by atoms with van der Waals surface area (Å²) >= 11 is 0. The van der Waals surface area contributed by atoms with Crippen LogP contribution in [0.4, 0.5) is 13.2 Å². The van der Waals surface area contributed by atoms with E-state index in [1.807, 2.05) is 0 Å². The van der Waals surface area contributed by atoms with Gasteiger partial charge < -0.3 is 10.0 Å². The minimum atomic E-state index is -4.66. The first-order valence-electron chi connectivity index (χ1n) is 5.19. The Morgan fingerprint density at radius 2 is 2.00 bits per heavy atom. The van der Waals surface area contributed by atoms with Crippen LogP contribution >= 0.6 is 0 Å². The van der Waals surface area contributed by atoms with Crippen LogP contribution in [-0.4, -0.2) is 46.1 Å². The first kappa shape index (κ1) is 14.9. The van der Waals surface area contributed by atoms with Crippen LogP contribution in [0.15, 0.2) is 18.3 Å². The molecule has 5 nitrogen and oxygen atoms in total. The normalized spacial score (nSPS) is 11.2. The Kier molecular flexibility index (Phi) is 4.47. The number of carboxylic acid groups (broad SMARTS) is 1. The van der Waals surface area contributed by atoms with E-state index in [0.29, 0.717) is 5.69 Å². The van der Waals surface area contributed by atoms with Gasteiger partial charge in [0.1, 0.15) is 13.1 Å². The highest BCUT2D eigenvalue weighted by Crippen LogP contribution is 2.18. The molecule has 1 rings (SSSR count). The molecule has 0 aliphatic rings. The largest absolute Gasteiger partial charge is 0.480 e. The Hall–Kier alpha value is -2.12. The highest BCUT2D eigenvalue weighted by Gasteiger charge is 2.34. The Balaban J connectivity index is 2.93. The number of hydrogen-bond acceptors (Lipinski definition) is 3. The summed E-state index contributed by atoms with van der Waals surface area (Å²) in [6.45, 7) is -0.989.